The number of unbranched alkanes of at least 4 members (excludes halogenated alkanes) is 1. The number of hydrogen-bond donors (Lipinski definition) is 2. The summed E-state index contributed by atoms with van der Waals surface area (Å²) >= 11 is 0. The molecule has 0 bridgehead atoms. The molecule has 0 aliphatic heterocycles. The number of rotatable bonds is 5. The largest absolute Gasteiger partial charge is 0.447 e. The molecule has 68 valence electrons. The van der Waals surface area contributed by atoms with Gasteiger partial charge in [0.1, 0.15) is 6.61 Å². The second-order valence-corrected chi connectivity index (χ2v) is 2.09. The van der Waals surface area contributed by atoms with Crippen molar-refractivity contribution in [1.82, 2.24) is 5.32 Å². The van der Waals surface area contributed by atoms with E-state index in [2.05, 4.69) is 16.0 Å². The molecule has 1 amide bonds. The summed E-state index contributed by atoms with van der Waals surface area (Å²) in [7, 11) is 0. The van der Waals surface area contributed by atoms with Crippen LogP contribution in [0.2, 0.25) is 0 Å². The predicted molar refractivity (Wildman–Crippen MR) is 44.5 cm³/mol. The average molecular weight is 171 g/mol. The Kier molecular flexibility index (Phi) is 7.10. The Morgan fingerprint density at radius 3 is 3.00 bits per heavy atom. The van der Waals surface area contributed by atoms with Gasteiger partial charge >= 0.3 is 6.09 Å². The van der Waals surface area contributed by atoms with Crippen LogP contribution in [0.15, 0.2) is 0 Å². The van der Waals surface area contributed by atoms with Gasteiger partial charge in [0.2, 0.25) is 0 Å². The molecule has 4 nitrogen and oxygen atoms in total. The summed E-state index contributed by atoms with van der Waals surface area (Å²) in [5, 5.41) is 10.8. The first-order valence-corrected chi connectivity index (χ1v) is 3.76. The van der Waals surface area contributed by atoms with Crippen LogP contribution in [0.3, 0.4) is 0 Å². The van der Waals surface area contributed by atoms with E-state index in [9.17, 15) is 4.79 Å². The summed E-state index contributed by atoms with van der Waals surface area (Å²) in [5.41, 5.74) is 0. The molecule has 4 heteroatoms. The number of carbonyl (C=O) groups excluding carboxylic acids is 1. The number of amides is 1. The monoisotopic (exact) mass is 171 g/mol. The van der Waals surface area contributed by atoms with Crippen LogP contribution in [0.1, 0.15) is 12.8 Å². The Morgan fingerprint density at radius 2 is 2.42 bits per heavy atom. The molecule has 0 saturated carbocycles. The van der Waals surface area contributed by atoms with Crippen LogP contribution in [0, 0.1) is 12.3 Å². The fourth-order valence-electron chi connectivity index (χ4n) is 0.570. The molecule has 0 aromatic rings. The molecule has 0 aliphatic rings. The predicted octanol–water partition coefficient (Wildman–Crippen LogP) is 0.118. The van der Waals surface area contributed by atoms with E-state index in [0.717, 1.165) is 6.42 Å². The highest BCUT2D eigenvalue weighted by Crippen LogP contribution is 1.84. The SMILES string of the molecule is C#CCCCNC(=O)OCCO. The average Bonchev–Trinajstić information content (AvgIpc) is 2.09. The van der Waals surface area contributed by atoms with Crippen LogP contribution < -0.4 is 5.32 Å². The number of aliphatic hydroxyl groups excluding tert-OH is 1. The molecule has 0 fully saturated rings. The molecule has 0 aromatic heterocycles. The normalized spacial score (nSPS) is 8.67. The number of nitrogens with one attached hydrogen (secondary N) is 1. The summed E-state index contributed by atoms with van der Waals surface area (Å²) in [6.45, 7) is 0.382. The van der Waals surface area contributed by atoms with Crippen molar-refractivity contribution in [3.8, 4) is 12.3 Å². The van der Waals surface area contributed by atoms with Crippen molar-refractivity contribution in [3.63, 3.8) is 0 Å². The molecule has 0 aromatic carbocycles. The third-order valence-electron chi connectivity index (χ3n) is 1.09. The minimum absolute atomic E-state index is 0.0287. The quantitative estimate of drug-likeness (QED) is 0.456. The van der Waals surface area contributed by atoms with Crippen LogP contribution in [0.25, 0.3) is 0 Å². The molecule has 0 aliphatic carbocycles. The molecule has 0 rings (SSSR count). The van der Waals surface area contributed by atoms with E-state index in [0.29, 0.717) is 13.0 Å². The number of terminal acetylenes is 1. The van der Waals surface area contributed by atoms with Crippen molar-refractivity contribution < 1.29 is 14.6 Å². The number of hydrogen-bond acceptors (Lipinski definition) is 3. The molecule has 0 radical (unpaired) electrons. The number of alkyl carbamates (subject to hydrolysis) is 1. The van der Waals surface area contributed by atoms with Crippen molar-refractivity contribution in [2.45, 2.75) is 12.8 Å². The minimum atomic E-state index is -0.513. The Bertz CT molecular complexity index is 162. The van der Waals surface area contributed by atoms with Gasteiger partial charge in [-0.25, -0.2) is 4.79 Å². The molecular weight excluding hydrogens is 158 g/mol. The zero-order chi connectivity index (χ0) is 9.23. The third kappa shape index (κ3) is 6.90. The summed E-state index contributed by atoms with van der Waals surface area (Å²) in [6, 6.07) is 0. The molecule has 0 unspecified atom stereocenters. The summed E-state index contributed by atoms with van der Waals surface area (Å²) < 4.78 is 4.52. The first-order valence-electron chi connectivity index (χ1n) is 3.76. The van der Waals surface area contributed by atoms with Gasteiger partial charge in [-0.3, -0.25) is 0 Å². The van der Waals surface area contributed by atoms with Crippen LogP contribution in [-0.2, 0) is 4.74 Å². The Hall–Kier alpha value is -1.21. The molecule has 0 atom stereocenters. The molecule has 2 N–H and O–H groups in total. The lowest BCUT2D eigenvalue weighted by molar-refractivity contribution is 0.119. The lowest BCUT2D eigenvalue weighted by Crippen LogP contribution is -2.26. The van der Waals surface area contributed by atoms with Gasteiger partial charge in [0.15, 0.2) is 0 Å². The Morgan fingerprint density at radius 1 is 1.67 bits per heavy atom. The van der Waals surface area contributed by atoms with Gasteiger partial charge in [-0.1, -0.05) is 0 Å². The smallest absolute Gasteiger partial charge is 0.407 e. The first-order chi connectivity index (χ1) is 5.81. The number of carbonyl (C=O) groups is 1. The summed E-state index contributed by atoms with van der Waals surface area (Å²) in [4.78, 5) is 10.7. The standard InChI is InChI=1S/C8H13NO3/c1-2-3-4-5-9-8(11)12-7-6-10/h1,10H,3-7H2,(H,9,11). The maximum absolute atomic E-state index is 10.7. The van der Waals surface area contributed by atoms with Crippen LogP contribution in [0.5, 0.6) is 0 Å². The van der Waals surface area contributed by atoms with Crippen molar-refractivity contribution in [2.24, 2.45) is 0 Å². The Balaban J connectivity index is 3.15. The van der Waals surface area contributed by atoms with Crippen molar-refractivity contribution in [1.29, 1.82) is 0 Å². The van der Waals surface area contributed by atoms with E-state index in [1.165, 1.54) is 0 Å². The maximum atomic E-state index is 10.7. The third-order valence-corrected chi connectivity index (χ3v) is 1.09. The number of ether oxygens (including phenoxy) is 1. The summed E-state index contributed by atoms with van der Waals surface area (Å²) in [6.07, 6.45) is 5.87. The van der Waals surface area contributed by atoms with Crippen molar-refractivity contribution >= 4 is 6.09 Å². The molecule has 0 heterocycles. The maximum Gasteiger partial charge on any atom is 0.407 e. The second-order valence-electron chi connectivity index (χ2n) is 2.09. The molecule has 12 heavy (non-hydrogen) atoms. The highest BCUT2D eigenvalue weighted by molar-refractivity contribution is 5.66. The fraction of sp³-hybridized carbons (Fsp3) is 0.625. The molecule has 0 spiro atoms. The van der Waals surface area contributed by atoms with E-state index in [1.807, 2.05) is 0 Å². The Labute approximate surface area is 71.9 Å². The zero-order valence-corrected chi connectivity index (χ0v) is 6.88. The fourth-order valence-corrected chi connectivity index (χ4v) is 0.570. The van der Waals surface area contributed by atoms with E-state index < -0.39 is 6.09 Å². The van der Waals surface area contributed by atoms with Gasteiger partial charge in [0.05, 0.1) is 6.61 Å². The van der Waals surface area contributed by atoms with Gasteiger partial charge in [0.25, 0.3) is 0 Å². The van der Waals surface area contributed by atoms with Crippen LogP contribution in [-0.4, -0.2) is 31.0 Å². The molecule has 0 saturated heterocycles. The van der Waals surface area contributed by atoms with Gasteiger partial charge < -0.3 is 15.2 Å². The van der Waals surface area contributed by atoms with Gasteiger partial charge in [0, 0.05) is 13.0 Å². The van der Waals surface area contributed by atoms with Gasteiger partial charge in [-0.05, 0) is 6.42 Å². The van der Waals surface area contributed by atoms with Gasteiger partial charge in [-0.15, -0.1) is 12.3 Å². The number of aliphatic hydroxyl groups is 1. The first kappa shape index (κ1) is 10.8. The highest BCUT2D eigenvalue weighted by atomic mass is 16.6. The highest BCUT2D eigenvalue weighted by Gasteiger charge is 1.97. The van der Waals surface area contributed by atoms with Crippen molar-refractivity contribution in [2.75, 3.05) is 19.8 Å². The van der Waals surface area contributed by atoms with Crippen molar-refractivity contribution in [3.05, 3.63) is 0 Å². The van der Waals surface area contributed by atoms with Crippen LogP contribution >= 0.6 is 0 Å². The lowest BCUT2D eigenvalue weighted by atomic mass is 10.3. The topological polar surface area (TPSA) is 58.6 Å². The zero-order valence-electron chi connectivity index (χ0n) is 6.88. The summed E-state index contributed by atoms with van der Waals surface area (Å²) in [5.74, 6) is 2.45. The van der Waals surface area contributed by atoms with Gasteiger partial charge in [-0.2, -0.15) is 0 Å². The van der Waals surface area contributed by atoms with E-state index in [1.54, 1.807) is 0 Å². The lowest BCUT2D eigenvalue weighted by Gasteiger charge is -2.03. The van der Waals surface area contributed by atoms with E-state index in [4.69, 9.17) is 11.5 Å². The van der Waals surface area contributed by atoms with E-state index in [-0.39, 0.29) is 13.2 Å². The minimum Gasteiger partial charge on any atom is -0.447 e. The second kappa shape index (κ2) is 7.89. The van der Waals surface area contributed by atoms with E-state index >= 15 is 0 Å². The van der Waals surface area contributed by atoms with Crippen LogP contribution in [0.4, 0.5) is 4.79 Å². The molecular formula is C8H13NO3.